The van der Waals surface area contributed by atoms with Gasteiger partial charge < -0.3 is 10.6 Å². The average Bonchev–Trinajstić information content (AvgIpc) is 2.83. The summed E-state index contributed by atoms with van der Waals surface area (Å²) in [6, 6.07) is 3.65. The highest BCUT2D eigenvalue weighted by molar-refractivity contribution is 6.00. The van der Waals surface area contributed by atoms with E-state index in [2.05, 4.69) is 9.88 Å². The maximum Gasteiger partial charge on any atom is 0.167 e. The Hall–Kier alpha value is -1.42. The van der Waals surface area contributed by atoms with Crippen molar-refractivity contribution in [2.24, 2.45) is 5.73 Å². The lowest BCUT2D eigenvalue weighted by Gasteiger charge is -2.18. The third-order valence-electron chi connectivity index (χ3n) is 2.86. The predicted octanol–water partition coefficient (Wildman–Crippen LogP) is 1.21. The number of rotatable bonds is 4. The molecule has 1 fully saturated rings. The first-order valence-electron chi connectivity index (χ1n) is 5.76. The molecule has 0 amide bonds. The van der Waals surface area contributed by atoms with Crippen molar-refractivity contribution >= 4 is 11.6 Å². The number of nitrogens with two attached hydrogens (primary N) is 1. The van der Waals surface area contributed by atoms with Crippen LogP contribution in [0.25, 0.3) is 0 Å². The molecule has 2 heterocycles. The lowest BCUT2D eigenvalue weighted by Crippen LogP contribution is -2.22. The van der Waals surface area contributed by atoms with Gasteiger partial charge in [-0.3, -0.25) is 4.79 Å². The van der Waals surface area contributed by atoms with E-state index < -0.39 is 0 Å². The Labute approximate surface area is 95.5 Å². The van der Waals surface area contributed by atoms with Crippen LogP contribution in [0.2, 0.25) is 0 Å². The number of aromatic nitrogens is 1. The van der Waals surface area contributed by atoms with Crippen molar-refractivity contribution in [3.8, 4) is 0 Å². The molecular weight excluding hydrogens is 202 g/mol. The molecule has 1 aromatic rings. The summed E-state index contributed by atoms with van der Waals surface area (Å²) >= 11 is 0. The van der Waals surface area contributed by atoms with Crippen LogP contribution in [0.3, 0.4) is 0 Å². The Morgan fingerprint density at radius 1 is 1.44 bits per heavy atom. The Morgan fingerprint density at radius 2 is 2.19 bits per heavy atom. The minimum absolute atomic E-state index is 0.0949. The van der Waals surface area contributed by atoms with E-state index in [4.69, 9.17) is 5.73 Å². The first kappa shape index (κ1) is 11.1. The summed E-state index contributed by atoms with van der Waals surface area (Å²) in [6.07, 6.45) is 4.50. The van der Waals surface area contributed by atoms with E-state index in [9.17, 15) is 4.79 Å². The monoisotopic (exact) mass is 219 g/mol. The van der Waals surface area contributed by atoms with Gasteiger partial charge in [0.15, 0.2) is 5.78 Å². The smallest absolute Gasteiger partial charge is 0.167 e. The molecule has 16 heavy (non-hydrogen) atoms. The third-order valence-corrected chi connectivity index (χ3v) is 2.86. The zero-order valence-electron chi connectivity index (χ0n) is 9.35. The molecule has 1 saturated heterocycles. The second-order valence-corrected chi connectivity index (χ2v) is 4.03. The highest BCUT2D eigenvalue weighted by atomic mass is 16.1. The molecule has 0 aromatic carbocycles. The van der Waals surface area contributed by atoms with Crippen molar-refractivity contribution in [2.75, 3.05) is 24.5 Å². The van der Waals surface area contributed by atoms with Crippen LogP contribution in [0.4, 0.5) is 5.82 Å². The standard InChI is InChI=1S/C12H17N3O/c13-6-5-11(16)10-4-3-7-14-12(10)15-8-1-2-9-15/h3-4,7H,1-2,5-6,8-9,13H2. The Bertz CT molecular complexity index is 372. The van der Waals surface area contributed by atoms with Crippen LogP contribution >= 0.6 is 0 Å². The molecule has 1 aliphatic rings. The van der Waals surface area contributed by atoms with Crippen molar-refractivity contribution in [3.63, 3.8) is 0 Å². The number of carbonyl (C=O) groups excluding carboxylic acids is 1. The van der Waals surface area contributed by atoms with E-state index in [-0.39, 0.29) is 5.78 Å². The fourth-order valence-corrected chi connectivity index (χ4v) is 2.06. The summed E-state index contributed by atoms with van der Waals surface area (Å²) in [5.74, 6) is 0.927. The number of anilines is 1. The Kier molecular flexibility index (Phi) is 3.51. The molecule has 2 rings (SSSR count). The van der Waals surface area contributed by atoms with Gasteiger partial charge in [0, 0.05) is 25.7 Å². The maximum atomic E-state index is 11.9. The minimum atomic E-state index is 0.0949. The van der Waals surface area contributed by atoms with E-state index in [0.29, 0.717) is 13.0 Å². The van der Waals surface area contributed by atoms with Crippen LogP contribution in [0.1, 0.15) is 29.6 Å². The van der Waals surface area contributed by atoms with Gasteiger partial charge in [0.25, 0.3) is 0 Å². The van der Waals surface area contributed by atoms with Crippen molar-refractivity contribution < 1.29 is 4.79 Å². The summed E-state index contributed by atoms with van der Waals surface area (Å²) in [5, 5.41) is 0. The molecule has 1 aromatic heterocycles. The normalized spacial score (nSPS) is 15.4. The molecule has 0 bridgehead atoms. The van der Waals surface area contributed by atoms with Gasteiger partial charge in [0.1, 0.15) is 5.82 Å². The lowest BCUT2D eigenvalue weighted by molar-refractivity contribution is 0.0985. The molecule has 0 aliphatic carbocycles. The van der Waals surface area contributed by atoms with Gasteiger partial charge in [-0.1, -0.05) is 0 Å². The van der Waals surface area contributed by atoms with Crippen LogP contribution in [-0.2, 0) is 0 Å². The fourth-order valence-electron chi connectivity index (χ4n) is 2.06. The number of Topliss-reactive ketones (excluding diaryl/α,β-unsaturated/α-hetero) is 1. The lowest BCUT2D eigenvalue weighted by atomic mass is 10.1. The Morgan fingerprint density at radius 3 is 2.88 bits per heavy atom. The summed E-state index contributed by atoms with van der Waals surface area (Å²) in [6.45, 7) is 2.40. The molecule has 0 spiro atoms. The van der Waals surface area contributed by atoms with Crippen LogP contribution in [0.15, 0.2) is 18.3 Å². The summed E-state index contributed by atoms with van der Waals surface area (Å²) < 4.78 is 0. The quantitative estimate of drug-likeness (QED) is 0.773. The molecule has 4 heteroatoms. The van der Waals surface area contributed by atoms with Crippen molar-refractivity contribution in [1.29, 1.82) is 0 Å². The van der Waals surface area contributed by atoms with Gasteiger partial charge >= 0.3 is 0 Å². The first-order valence-corrected chi connectivity index (χ1v) is 5.76. The van der Waals surface area contributed by atoms with Crippen molar-refractivity contribution in [3.05, 3.63) is 23.9 Å². The van der Waals surface area contributed by atoms with E-state index in [1.807, 2.05) is 12.1 Å². The molecule has 4 nitrogen and oxygen atoms in total. The second kappa shape index (κ2) is 5.07. The molecule has 0 unspecified atom stereocenters. The number of ketones is 1. The van der Waals surface area contributed by atoms with E-state index in [1.165, 1.54) is 12.8 Å². The van der Waals surface area contributed by atoms with E-state index in [1.54, 1.807) is 6.20 Å². The van der Waals surface area contributed by atoms with Gasteiger partial charge in [-0.05, 0) is 31.5 Å². The number of carbonyl (C=O) groups is 1. The summed E-state index contributed by atoms with van der Waals surface area (Å²) in [4.78, 5) is 18.4. The molecule has 86 valence electrons. The number of hydrogen-bond acceptors (Lipinski definition) is 4. The predicted molar refractivity (Wildman–Crippen MR) is 63.7 cm³/mol. The van der Waals surface area contributed by atoms with E-state index >= 15 is 0 Å². The van der Waals surface area contributed by atoms with Gasteiger partial charge in [-0.2, -0.15) is 0 Å². The molecule has 0 atom stereocenters. The molecule has 0 saturated carbocycles. The van der Waals surface area contributed by atoms with Gasteiger partial charge in [0.2, 0.25) is 0 Å². The number of nitrogens with zero attached hydrogens (tertiary/aromatic N) is 2. The van der Waals surface area contributed by atoms with Gasteiger partial charge in [-0.15, -0.1) is 0 Å². The summed E-state index contributed by atoms with van der Waals surface area (Å²) in [5.41, 5.74) is 6.13. The van der Waals surface area contributed by atoms with Gasteiger partial charge in [0.05, 0.1) is 5.56 Å². The molecular formula is C12H17N3O. The van der Waals surface area contributed by atoms with Crippen molar-refractivity contribution in [1.82, 2.24) is 4.98 Å². The molecule has 0 radical (unpaired) electrons. The van der Waals surface area contributed by atoms with Crippen molar-refractivity contribution in [2.45, 2.75) is 19.3 Å². The third kappa shape index (κ3) is 2.22. The second-order valence-electron chi connectivity index (χ2n) is 4.03. The highest BCUT2D eigenvalue weighted by Gasteiger charge is 2.19. The highest BCUT2D eigenvalue weighted by Crippen LogP contribution is 2.22. The maximum absolute atomic E-state index is 11.9. The largest absolute Gasteiger partial charge is 0.356 e. The molecule has 2 N–H and O–H groups in total. The van der Waals surface area contributed by atoms with Gasteiger partial charge in [-0.25, -0.2) is 4.98 Å². The number of pyridine rings is 1. The van der Waals surface area contributed by atoms with E-state index in [0.717, 1.165) is 24.5 Å². The molecule has 1 aliphatic heterocycles. The summed E-state index contributed by atoms with van der Waals surface area (Å²) in [7, 11) is 0. The van der Waals surface area contributed by atoms with Crippen LogP contribution in [0.5, 0.6) is 0 Å². The fraction of sp³-hybridized carbons (Fsp3) is 0.500. The van der Waals surface area contributed by atoms with Crippen LogP contribution in [-0.4, -0.2) is 30.4 Å². The van der Waals surface area contributed by atoms with Crippen LogP contribution < -0.4 is 10.6 Å². The number of hydrogen-bond donors (Lipinski definition) is 1. The topological polar surface area (TPSA) is 59.2 Å². The zero-order chi connectivity index (χ0) is 11.4. The Balaban J connectivity index is 2.26. The zero-order valence-corrected chi connectivity index (χ0v) is 9.35. The minimum Gasteiger partial charge on any atom is -0.356 e. The first-order chi connectivity index (χ1) is 7.83. The van der Waals surface area contributed by atoms with Crippen LogP contribution in [0, 0.1) is 0 Å². The average molecular weight is 219 g/mol. The SMILES string of the molecule is NCCC(=O)c1cccnc1N1CCCC1.